The molecule has 5 aromatic rings. The molecule has 0 N–H and O–H groups in total. The third kappa shape index (κ3) is 5.37. The number of carbonyl (C=O) groups is 2. The highest BCUT2D eigenvalue weighted by Gasteiger charge is 2.22. The van der Waals surface area contributed by atoms with E-state index in [1.807, 2.05) is 103 Å². The number of benzene rings is 3. The number of ketones is 2. The summed E-state index contributed by atoms with van der Waals surface area (Å²) in [5.74, 6) is 12.5. The first kappa shape index (κ1) is 24.2. The van der Waals surface area contributed by atoms with Gasteiger partial charge in [-0.05, 0) is 31.2 Å². The lowest BCUT2D eigenvalue weighted by Crippen LogP contribution is -1.97. The fourth-order valence-electron chi connectivity index (χ4n) is 3.79. The molecule has 2 aromatic heterocycles. The lowest BCUT2D eigenvalue weighted by Gasteiger charge is -1.98. The van der Waals surface area contributed by atoms with Gasteiger partial charge in [-0.1, -0.05) is 96.6 Å². The fourth-order valence-corrected chi connectivity index (χ4v) is 6.10. The zero-order valence-electron chi connectivity index (χ0n) is 19.9. The van der Waals surface area contributed by atoms with E-state index < -0.39 is 0 Å². The number of rotatable bonds is 5. The second-order valence-corrected chi connectivity index (χ2v) is 10.2. The van der Waals surface area contributed by atoms with Gasteiger partial charge in [-0.2, -0.15) is 0 Å². The molecular formula is C33H20O2S2. The van der Waals surface area contributed by atoms with Crippen molar-refractivity contribution in [3.8, 4) is 33.4 Å². The molecule has 5 rings (SSSR count). The fraction of sp³-hybridized carbons (Fsp3) is 0.0303. The number of thiophene rings is 2. The largest absolute Gasteiger partial charge is 0.288 e. The molecule has 0 saturated carbocycles. The number of hydrogen-bond donors (Lipinski definition) is 0. The predicted molar refractivity (Wildman–Crippen MR) is 152 cm³/mol. The number of carbonyl (C=O) groups excluding carboxylic acids is 2. The van der Waals surface area contributed by atoms with E-state index in [9.17, 15) is 9.59 Å². The summed E-state index contributed by atoms with van der Waals surface area (Å²) in [5, 5.41) is 0. The molecule has 0 aliphatic heterocycles. The first-order chi connectivity index (χ1) is 18.1. The predicted octanol–water partition coefficient (Wildman–Crippen LogP) is 7.71. The molecule has 0 spiro atoms. The Morgan fingerprint density at radius 3 is 1.46 bits per heavy atom. The third-order valence-corrected chi connectivity index (χ3v) is 8.00. The Kier molecular flexibility index (Phi) is 7.24. The molecule has 3 aromatic carbocycles. The van der Waals surface area contributed by atoms with Crippen LogP contribution in [0.1, 0.15) is 54.1 Å². The Hall–Kier alpha value is -4.48. The molecule has 0 unspecified atom stereocenters. The van der Waals surface area contributed by atoms with E-state index in [-0.39, 0.29) is 11.6 Å². The van der Waals surface area contributed by atoms with Gasteiger partial charge in [-0.15, -0.1) is 28.6 Å². The Bertz CT molecular complexity index is 1700. The van der Waals surface area contributed by atoms with Crippen molar-refractivity contribution in [3.05, 3.63) is 141 Å². The van der Waals surface area contributed by atoms with Gasteiger partial charge in [0.2, 0.25) is 11.6 Å². The van der Waals surface area contributed by atoms with Crippen LogP contribution in [-0.2, 0) is 0 Å². The van der Waals surface area contributed by atoms with E-state index in [1.54, 1.807) is 6.92 Å². The maximum absolute atomic E-state index is 13.3. The second kappa shape index (κ2) is 11.1. The number of hydrogen-bond acceptors (Lipinski definition) is 4. The van der Waals surface area contributed by atoms with Crippen molar-refractivity contribution in [3.63, 3.8) is 0 Å². The summed E-state index contributed by atoms with van der Waals surface area (Å²) in [5.41, 5.74) is 3.64. The van der Waals surface area contributed by atoms with Crippen LogP contribution in [0.25, 0.3) is 9.75 Å². The van der Waals surface area contributed by atoms with Crippen molar-refractivity contribution in [1.29, 1.82) is 0 Å². The van der Waals surface area contributed by atoms with Gasteiger partial charge >= 0.3 is 0 Å². The Balaban J connectivity index is 1.65. The van der Waals surface area contributed by atoms with E-state index in [0.717, 1.165) is 26.4 Å². The van der Waals surface area contributed by atoms with Crippen LogP contribution in [0.5, 0.6) is 0 Å². The quantitative estimate of drug-likeness (QED) is 0.179. The molecule has 37 heavy (non-hydrogen) atoms. The van der Waals surface area contributed by atoms with Crippen LogP contribution >= 0.6 is 22.7 Å². The molecule has 0 saturated heterocycles. The van der Waals surface area contributed by atoms with Crippen LogP contribution in [0.2, 0.25) is 0 Å². The van der Waals surface area contributed by atoms with Crippen molar-refractivity contribution in [1.82, 2.24) is 0 Å². The Morgan fingerprint density at radius 1 is 0.568 bits per heavy atom. The van der Waals surface area contributed by atoms with Gasteiger partial charge in [0.25, 0.3) is 0 Å². The normalized spacial score (nSPS) is 10.1. The molecule has 0 bridgehead atoms. The van der Waals surface area contributed by atoms with Gasteiger partial charge < -0.3 is 0 Å². The van der Waals surface area contributed by atoms with Crippen molar-refractivity contribution >= 4 is 34.2 Å². The molecule has 0 aliphatic rings. The molecule has 0 fully saturated rings. The van der Waals surface area contributed by atoms with Gasteiger partial charge in [0, 0.05) is 27.8 Å². The highest BCUT2D eigenvalue weighted by molar-refractivity contribution is 7.24. The Labute approximate surface area is 224 Å². The molecule has 176 valence electrons. The van der Waals surface area contributed by atoms with E-state index >= 15 is 0 Å². The zero-order chi connectivity index (χ0) is 25.6. The highest BCUT2D eigenvalue weighted by atomic mass is 32.1. The van der Waals surface area contributed by atoms with Crippen LogP contribution in [0.4, 0.5) is 0 Å². The van der Waals surface area contributed by atoms with Crippen LogP contribution in [0.15, 0.2) is 103 Å². The van der Waals surface area contributed by atoms with Gasteiger partial charge in [-0.3, -0.25) is 9.59 Å². The van der Waals surface area contributed by atoms with Gasteiger partial charge in [-0.25, -0.2) is 0 Å². The molecule has 4 heteroatoms. The van der Waals surface area contributed by atoms with Crippen molar-refractivity contribution < 1.29 is 9.59 Å². The van der Waals surface area contributed by atoms with Crippen molar-refractivity contribution in [2.75, 3.05) is 0 Å². The molecule has 0 amide bonds. The average molecular weight is 513 g/mol. The van der Waals surface area contributed by atoms with Crippen molar-refractivity contribution in [2.24, 2.45) is 0 Å². The van der Waals surface area contributed by atoms with Crippen LogP contribution < -0.4 is 0 Å². The van der Waals surface area contributed by atoms with Gasteiger partial charge in [0.1, 0.15) is 0 Å². The monoisotopic (exact) mass is 512 g/mol. The van der Waals surface area contributed by atoms with Crippen LogP contribution in [0, 0.1) is 23.7 Å². The summed E-state index contributed by atoms with van der Waals surface area (Å²) in [6, 6.07) is 31.9. The maximum atomic E-state index is 13.3. The highest BCUT2D eigenvalue weighted by Crippen LogP contribution is 2.41. The minimum atomic E-state index is -0.0557. The van der Waals surface area contributed by atoms with Crippen LogP contribution in [-0.4, -0.2) is 11.6 Å². The first-order valence-electron chi connectivity index (χ1n) is 11.6. The maximum Gasteiger partial charge on any atom is 0.203 e. The summed E-state index contributed by atoms with van der Waals surface area (Å²) in [4.78, 5) is 29.4. The third-order valence-electron chi connectivity index (χ3n) is 5.56. The molecular weight excluding hydrogens is 492 g/mol. The van der Waals surface area contributed by atoms with E-state index in [2.05, 4.69) is 23.7 Å². The van der Waals surface area contributed by atoms with E-state index in [1.165, 1.54) is 22.7 Å². The SMILES string of the molecule is CC#Cc1cc(C(=O)c2ccccc2)sc1-c1sc(C(=O)c2ccccc2)cc1C#Cc1ccccc1. The smallest absolute Gasteiger partial charge is 0.203 e. The lowest BCUT2D eigenvalue weighted by molar-refractivity contribution is 0.103. The minimum Gasteiger partial charge on any atom is -0.288 e. The second-order valence-electron chi connectivity index (χ2n) is 8.09. The summed E-state index contributed by atoms with van der Waals surface area (Å²) in [6.07, 6.45) is 0. The molecule has 0 radical (unpaired) electrons. The average Bonchev–Trinajstić information content (AvgIpc) is 3.57. The summed E-state index contributed by atoms with van der Waals surface area (Å²) in [6.45, 7) is 1.77. The summed E-state index contributed by atoms with van der Waals surface area (Å²) < 4.78 is 0. The topological polar surface area (TPSA) is 34.1 Å². The standard InChI is InChI=1S/C33H20O2S2/c1-2-12-26-21-28(30(34)24-15-8-4-9-16-24)36-32(26)33-27(20-19-23-13-6-3-7-14-23)22-29(37-33)31(35)25-17-10-5-11-18-25/h3-11,13-18,21-22H,1H3. The molecule has 0 atom stereocenters. The lowest BCUT2D eigenvalue weighted by atomic mass is 10.1. The van der Waals surface area contributed by atoms with E-state index in [0.29, 0.717) is 20.9 Å². The molecule has 0 aliphatic carbocycles. The van der Waals surface area contributed by atoms with E-state index in [4.69, 9.17) is 0 Å². The summed E-state index contributed by atoms with van der Waals surface area (Å²) in [7, 11) is 0. The minimum absolute atomic E-state index is 0.0509. The Morgan fingerprint density at radius 2 is 1.00 bits per heavy atom. The first-order valence-corrected chi connectivity index (χ1v) is 13.2. The zero-order valence-corrected chi connectivity index (χ0v) is 21.6. The molecule has 2 heterocycles. The van der Waals surface area contributed by atoms with Crippen LogP contribution in [0.3, 0.4) is 0 Å². The van der Waals surface area contributed by atoms with Crippen molar-refractivity contribution in [2.45, 2.75) is 6.92 Å². The van der Waals surface area contributed by atoms with Gasteiger partial charge in [0.05, 0.1) is 19.5 Å². The van der Waals surface area contributed by atoms with Gasteiger partial charge in [0.15, 0.2) is 0 Å². The molecule has 2 nitrogen and oxygen atoms in total. The summed E-state index contributed by atoms with van der Waals surface area (Å²) >= 11 is 2.78.